The Hall–Kier alpha value is -1.44. The molecule has 2 heteroatoms. The van der Waals surface area contributed by atoms with Crippen molar-refractivity contribution in [1.82, 2.24) is 0 Å². The number of fused-ring (bicyclic) bond motifs is 6. The van der Waals surface area contributed by atoms with Gasteiger partial charge in [-0.2, -0.15) is 0 Å². The molecule has 1 aromatic carbocycles. The molecule has 0 amide bonds. The SMILES string of the molecule is CC12CCC(C1)C1C(=O)c3cc(C4CCCCC4)ccc3C(=O)C12. The van der Waals surface area contributed by atoms with Crippen molar-refractivity contribution >= 4 is 11.6 Å². The number of Topliss-reactive ketones (excluding diaryl/α,β-unsaturated/α-hetero) is 2. The van der Waals surface area contributed by atoms with Gasteiger partial charge in [0.05, 0.1) is 0 Å². The molecule has 0 spiro atoms. The second kappa shape index (κ2) is 5.03. The maximum atomic E-state index is 13.3. The molecule has 4 aliphatic carbocycles. The molecule has 4 unspecified atom stereocenters. The van der Waals surface area contributed by atoms with Gasteiger partial charge in [0.1, 0.15) is 0 Å². The average Bonchev–Trinajstić information content (AvgIpc) is 3.14. The summed E-state index contributed by atoms with van der Waals surface area (Å²) in [7, 11) is 0. The quantitative estimate of drug-likeness (QED) is 0.715. The Bertz CT molecular complexity index is 727. The van der Waals surface area contributed by atoms with E-state index in [4.69, 9.17) is 0 Å². The predicted octanol–water partition coefficient (Wildman–Crippen LogP) is 5.17. The summed E-state index contributed by atoms with van der Waals surface area (Å²) in [6.45, 7) is 2.24. The van der Waals surface area contributed by atoms with Gasteiger partial charge in [0.25, 0.3) is 0 Å². The van der Waals surface area contributed by atoms with E-state index in [-0.39, 0.29) is 28.8 Å². The molecule has 0 aromatic heterocycles. The number of carbonyl (C=O) groups excluding carboxylic acids is 2. The summed E-state index contributed by atoms with van der Waals surface area (Å²) in [5, 5.41) is 0. The fourth-order valence-corrected chi connectivity index (χ4v) is 6.48. The first-order valence-corrected chi connectivity index (χ1v) is 9.81. The first-order chi connectivity index (χ1) is 11.6. The van der Waals surface area contributed by atoms with Gasteiger partial charge in [-0.3, -0.25) is 9.59 Å². The predicted molar refractivity (Wildman–Crippen MR) is 93.4 cm³/mol. The van der Waals surface area contributed by atoms with Crippen molar-refractivity contribution in [1.29, 1.82) is 0 Å². The highest BCUT2D eigenvalue weighted by atomic mass is 16.1. The van der Waals surface area contributed by atoms with Crippen molar-refractivity contribution in [2.24, 2.45) is 23.2 Å². The van der Waals surface area contributed by atoms with Crippen molar-refractivity contribution in [3.05, 3.63) is 34.9 Å². The Morgan fingerprint density at radius 3 is 2.54 bits per heavy atom. The van der Waals surface area contributed by atoms with Crippen LogP contribution >= 0.6 is 0 Å². The maximum absolute atomic E-state index is 13.3. The number of hydrogen-bond donors (Lipinski definition) is 0. The van der Waals surface area contributed by atoms with E-state index in [0.29, 0.717) is 11.8 Å². The second-order valence-corrected chi connectivity index (χ2v) is 9.03. The van der Waals surface area contributed by atoms with Crippen LogP contribution in [-0.4, -0.2) is 11.6 Å². The van der Waals surface area contributed by atoms with Crippen LogP contribution in [0.3, 0.4) is 0 Å². The summed E-state index contributed by atoms with van der Waals surface area (Å²) >= 11 is 0. The van der Waals surface area contributed by atoms with E-state index in [0.717, 1.165) is 30.4 Å². The molecular formula is C22H26O2. The number of ketones is 2. The van der Waals surface area contributed by atoms with Gasteiger partial charge in [-0.05, 0) is 61.0 Å². The Balaban J connectivity index is 1.57. The lowest BCUT2D eigenvalue weighted by atomic mass is 9.62. The largest absolute Gasteiger partial charge is 0.294 e. The van der Waals surface area contributed by atoms with Crippen molar-refractivity contribution < 1.29 is 9.59 Å². The van der Waals surface area contributed by atoms with Gasteiger partial charge in [0.15, 0.2) is 11.6 Å². The molecule has 0 saturated heterocycles. The Labute approximate surface area is 144 Å². The lowest BCUT2D eigenvalue weighted by Gasteiger charge is -2.39. The first-order valence-electron chi connectivity index (χ1n) is 9.81. The van der Waals surface area contributed by atoms with Crippen molar-refractivity contribution in [3.63, 3.8) is 0 Å². The smallest absolute Gasteiger partial charge is 0.167 e. The topological polar surface area (TPSA) is 34.1 Å². The number of carbonyl (C=O) groups is 2. The average molecular weight is 322 g/mol. The fraction of sp³-hybridized carbons (Fsp3) is 0.636. The third-order valence-corrected chi connectivity index (χ3v) is 7.67. The monoisotopic (exact) mass is 322 g/mol. The van der Waals surface area contributed by atoms with E-state index in [1.54, 1.807) is 0 Å². The lowest BCUT2D eigenvalue weighted by molar-refractivity contribution is 0.0572. The normalized spacial score (nSPS) is 38.3. The molecule has 0 N–H and O–H groups in total. The van der Waals surface area contributed by atoms with E-state index in [1.807, 2.05) is 6.07 Å². The summed E-state index contributed by atoms with van der Waals surface area (Å²) in [6, 6.07) is 6.21. The molecule has 4 aliphatic rings. The fourth-order valence-electron chi connectivity index (χ4n) is 6.48. The minimum Gasteiger partial charge on any atom is -0.294 e. The number of rotatable bonds is 1. The zero-order valence-electron chi connectivity index (χ0n) is 14.5. The molecule has 4 atom stereocenters. The molecule has 5 rings (SSSR count). The van der Waals surface area contributed by atoms with Crippen molar-refractivity contribution in [2.45, 2.75) is 64.2 Å². The van der Waals surface area contributed by atoms with Crippen molar-refractivity contribution in [2.75, 3.05) is 0 Å². The number of hydrogen-bond acceptors (Lipinski definition) is 2. The van der Waals surface area contributed by atoms with E-state index in [9.17, 15) is 9.59 Å². The minimum atomic E-state index is -0.0446. The summed E-state index contributed by atoms with van der Waals surface area (Å²) in [5.74, 6) is 1.50. The van der Waals surface area contributed by atoms with Crippen LogP contribution in [0.25, 0.3) is 0 Å². The summed E-state index contributed by atoms with van der Waals surface area (Å²) in [4.78, 5) is 26.4. The van der Waals surface area contributed by atoms with Gasteiger partial charge < -0.3 is 0 Å². The molecule has 0 radical (unpaired) electrons. The maximum Gasteiger partial charge on any atom is 0.167 e. The zero-order valence-corrected chi connectivity index (χ0v) is 14.5. The standard InChI is InChI=1S/C22H26O2/c1-22-10-9-15(12-22)18-19(22)21(24)16-8-7-14(11-17(16)20(18)23)13-5-3-2-4-6-13/h7-8,11,13,15,18-19H,2-6,9-10,12H2,1H3. The van der Waals surface area contributed by atoms with E-state index < -0.39 is 0 Å². The Morgan fingerprint density at radius 1 is 0.958 bits per heavy atom. The van der Waals surface area contributed by atoms with E-state index in [1.165, 1.54) is 37.7 Å². The molecule has 2 nitrogen and oxygen atoms in total. The first kappa shape index (κ1) is 14.9. The third-order valence-electron chi connectivity index (χ3n) is 7.67. The Morgan fingerprint density at radius 2 is 1.75 bits per heavy atom. The van der Waals surface area contributed by atoms with Crippen LogP contribution in [0, 0.1) is 23.2 Å². The second-order valence-electron chi connectivity index (χ2n) is 9.03. The minimum absolute atomic E-state index is 0.0228. The zero-order chi connectivity index (χ0) is 16.5. The molecule has 0 aliphatic heterocycles. The molecule has 3 saturated carbocycles. The van der Waals surface area contributed by atoms with Crippen LogP contribution in [0.2, 0.25) is 0 Å². The molecule has 1 aromatic rings. The summed E-state index contributed by atoms with van der Waals surface area (Å²) in [6.07, 6.45) is 9.70. The van der Waals surface area contributed by atoms with Gasteiger partial charge >= 0.3 is 0 Å². The van der Waals surface area contributed by atoms with Gasteiger partial charge in [-0.15, -0.1) is 0 Å². The van der Waals surface area contributed by atoms with Crippen molar-refractivity contribution in [3.8, 4) is 0 Å². The van der Waals surface area contributed by atoms with E-state index >= 15 is 0 Å². The highest BCUT2D eigenvalue weighted by molar-refractivity contribution is 6.17. The van der Waals surface area contributed by atoms with Crippen LogP contribution in [0.15, 0.2) is 18.2 Å². The van der Waals surface area contributed by atoms with Gasteiger partial charge in [-0.25, -0.2) is 0 Å². The number of benzene rings is 1. The third kappa shape index (κ3) is 1.89. The molecule has 126 valence electrons. The van der Waals surface area contributed by atoms with Gasteiger partial charge in [0, 0.05) is 23.0 Å². The molecule has 24 heavy (non-hydrogen) atoms. The highest BCUT2D eigenvalue weighted by Crippen LogP contribution is 2.63. The van der Waals surface area contributed by atoms with Gasteiger partial charge in [0.2, 0.25) is 0 Å². The van der Waals surface area contributed by atoms with Crippen LogP contribution in [0.4, 0.5) is 0 Å². The molecule has 0 heterocycles. The Kier molecular flexibility index (Phi) is 3.12. The van der Waals surface area contributed by atoms with E-state index in [2.05, 4.69) is 19.1 Å². The van der Waals surface area contributed by atoms with Gasteiger partial charge in [-0.1, -0.05) is 38.3 Å². The summed E-state index contributed by atoms with van der Waals surface area (Å²) < 4.78 is 0. The van der Waals surface area contributed by atoms with Crippen LogP contribution in [-0.2, 0) is 0 Å². The van der Waals surface area contributed by atoms with Crippen LogP contribution in [0.5, 0.6) is 0 Å². The van der Waals surface area contributed by atoms with Crippen LogP contribution in [0.1, 0.15) is 90.5 Å². The molecule has 3 fully saturated rings. The summed E-state index contributed by atoms with van der Waals surface area (Å²) in [5.41, 5.74) is 2.83. The highest BCUT2D eigenvalue weighted by Gasteiger charge is 2.62. The van der Waals surface area contributed by atoms with Crippen LogP contribution < -0.4 is 0 Å². The molecular weight excluding hydrogens is 296 g/mol. The lowest BCUT2D eigenvalue weighted by Crippen LogP contribution is -2.43. The molecule has 2 bridgehead atoms.